The molecule has 2 aromatic carbocycles. The van der Waals surface area contributed by atoms with E-state index in [0.717, 1.165) is 6.08 Å². The summed E-state index contributed by atoms with van der Waals surface area (Å²) in [6, 6.07) is 8.40. The number of rotatable bonds is 4. The number of nitrogens with one attached hydrogen (secondary N) is 1. The third-order valence-electron chi connectivity index (χ3n) is 3.89. The molecule has 5 N–H and O–H groups in total. The lowest BCUT2D eigenvalue weighted by atomic mass is 9.97. The molecule has 1 aliphatic carbocycles. The first-order valence-corrected chi connectivity index (χ1v) is 8.68. The SMILES string of the molecule is O=C1C=C(O)C(=Nc2ccc(O)c(Cl)c2)C(CO)=C1Nc1ccc(O)c(Cl)c1. The minimum absolute atomic E-state index is 0.00863. The molecule has 2 aromatic rings. The molecular weight excluding hydrogens is 407 g/mol. The summed E-state index contributed by atoms with van der Waals surface area (Å²) in [4.78, 5) is 16.6. The predicted molar refractivity (Wildman–Crippen MR) is 107 cm³/mol. The molecule has 0 radical (unpaired) electrons. The molecule has 7 nitrogen and oxygen atoms in total. The standard InChI is InChI=1S/C19H14Cl2N2O5/c20-12-5-9(1-3-14(12)25)22-18-11(8-24)19(17(28)7-16(18)27)23-10-2-4-15(26)13(21)6-10/h1-7,22,24-26,28H,8H2. The molecule has 0 aromatic heterocycles. The maximum absolute atomic E-state index is 12.4. The molecule has 0 bridgehead atoms. The van der Waals surface area contributed by atoms with Gasteiger partial charge in [-0.25, -0.2) is 4.99 Å². The van der Waals surface area contributed by atoms with E-state index in [4.69, 9.17) is 23.2 Å². The summed E-state index contributed by atoms with van der Waals surface area (Å²) in [6.45, 7) is -0.595. The van der Waals surface area contributed by atoms with Gasteiger partial charge in [0, 0.05) is 17.3 Å². The number of benzene rings is 2. The van der Waals surface area contributed by atoms with Gasteiger partial charge in [0.2, 0.25) is 5.78 Å². The minimum Gasteiger partial charge on any atom is -0.506 e. The Hall–Kier alpha value is -3.00. The van der Waals surface area contributed by atoms with Gasteiger partial charge in [-0.2, -0.15) is 0 Å². The number of nitrogens with zero attached hydrogens (tertiary/aromatic N) is 1. The first-order chi connectivity index (χ1) is 13.3. The second-order valence-electron chi connectivity index (χ2n) is 5.79. The Bertz CT molecular complexity index is 1060. The molecule has 0 amide bonds. The number of hydrogen-bond donors (Lipinski definition) is 5. The molecule has 9 heteroatoms. The van der Waals surface area contributed by atoms with Crippen LogP contribution in [-0.2, 0) is 4.79 Å². The number of aliphatic hydroxyl groups excluding tert-OH is 2. The Balaban J connectivity index is 2.07. The molecule has 3 rings (SSSR count). The highest BCUT2D eigenvalue weighted by Crippen LogP contribution is 2.31. The van der Waals surface area contributed by atoms with Crippen molar-refractivity contribution in [3.8, 4) is 11.5 Å². The van der Waals surface area contributed by atoms with Gasteiger partial charge in [0.1, 0.15) is 23.0 Å². The number of carbonyl (C=O) groups is 1. The number of hydrogen-bond acceptors (Lipinski definition) is 7. The third kappa shape index (κ3) is 3.96. The summed E-state index contributed by atoms with van der Waals surface area (Å²) < 4.78 is 0. The van der Waals surface area contributed by atoms with Crippen LogP contribution in [0.25, 0.3) is 0 Å². The molecule has 0 unspecified atom stereocenters. The van der Waals surface area contributed by atoms with Crippen LogP contribution in [0.4, 0.5) is 11.4 Å². The van der Waals surface area contributed by atoms with Crippen molar-refractivity contribution in [2.45, 2.75) is 0 Å². The number of phenolic OH excluding ortho intramolecular Hbond substituents is 2. The fraction of sp³-hybridized carbons (Fsp3) is 0.0526. The second kappa shape index (κ2) is 7.93. The Kier molecular flexibility index (Phi) is 5.60. The van der Waals surface area contributed by atoms with Crippen molar-refractivity contribution in [1.82, 2.24) is 0 Å². The van der Waals surface area contributed by atoms with Gasteiger partial charge < -0.3 is 25.7 Å². The number of aliphatic imine (C=N–C) groups is 1. The summed E-state index contributed by atoms with van der Waals surface area (Å²) in [5, 5.41) is 42.0. The van der Waals surface area contributed by atoms with E-state index in [1.165, 1.54) is 36.4 Å². The molecule has 0 atom stereocenters. The average Bonchev–Trinajstić information content (AvgIpc) is 2.65. The van der Waals surface area contributed by atoms with E-state index >= 15 is 0 Å². The van der Waals surface area contributed by atoms with Crippen LogP contribution in [0.2, 0.25) is 10.0 Å². The first kappa shape index (κ1) is 19.8. The van der Waals surface area contributed by atoms with Crippen molar-refractivity contribution in [1.29, 1.82) is 0 Å². The maximum atomic E-state index is 12.4. The predicted octanol–water partition coefficient (Wildman–Crippen LogP) is 3.86. The largest absolute Gasteiger partial charge is 0.506 e. The monoisotopic (exact) mass is 420 g/mol. The van der Waals surface area contributed by atoms with Crippen LogP contribution in [0.5, 0.6) is 11.5 Å². The van der Waals surface area contributed by atoms with Crippen LogP contribution in [0, 0.1) is 0 Å². The number of aromatic hydroxyl groups is 2. The van der Waals surface area contributed by atoms with Crippen LogP contribution < -0.4 is 5.32 Å². The Morgan fingerprint density at radius 3 is 2.21 bits per heavy atom. The summed E-state index contributed by atoms with van der Waals surface area (Å²) in [6.07, 6.45) is 0.963. The van der Waals surface area contributed by atoms with Gasteiger partial charge in [0.05, 0.1) is 28.0 Å². The van der Waals surface area contributed by atoms with Crippen LogP contribution in [-0.4, -0.2) is 38.5 Å². The zero-order chi connectivity index (χ0) is 20.4. The number of halogens is 2. The molecule has 0 fully saturated rings. The Morgan fingerprint density at radius 1 is 0.964 bits per heavy atom. The fourth-order valence-corrected chi connectivity index (χ4v) is 2.88. The molecule has 28 heavy (non-hydrogen) atoms. The Morgan fingerprint density at radius 2 is 1.61 bits per heavy atom. The van der Waals surface area contributed by atoms with Gasteiger partial charge in [-0.15, -0.1) is 0 Å². The topological polar surface area (TPSA) is 122 Å². The summed E-state index contributed by atoms with van der Waals surface area (Å²) >= 11 is 11.7. The minimum atomic E-state index is -0.595. The second-order valence-corrected chi connectivity index (χ2v) is 6.61. The van der Waals surface area contributed by atoms with Gasteiger partial charge in [-0.05, 0) is 36.4 Å². The third-order valence-corrected chi connectivity index (χ3v) is 4.50. The zero-order valence-electron chi connectivity index (χ0n) is 14.1. The number of aliphatic hydroxyl groups is 2. The van der Waals surface area contributed by atoms with Gasteiger partial charge in [-0.3, -0.25) is 4.79 Å². The van der Waals surface area contributed by atoms with Crippen molar-refractivity contribution in [3.63, 3.8) is 0 Å². The van der Waals surface area contributed by atoms with Crippen molar-refractivity contribution in [3.05, 3.63) is 69.5 Å². The van der Waals surface area contributed by atoms with Crippen LogP contribution in [0.15, 0.2) is 64.5 Å². The van der Waals surface area contributed by atoms with Gasteiger partial charge in [0.25, 0.3) is 0 Å². The van der Waals surface area contributed by atoms with Crippen molar-refractivity contribution < 1.29 is 25.2 Å². The molecule has 144 valence electrons. The quantitative estimate of drug-likeness (QED) is 0.378. The maximum Gasteiger partial charge on any atom is 0.206 e. The molecule has 0 spiro atoms. The number of phenols is 2. The average molecular weight is 421 g/mol. The highest BCUT2D eigenvalue weighted by molar-refractivity contribution is 6.32. The molecular formula is C19H14Cl2N2O5. The highest BCUT2D eigenvalue weighted by atomic mass is 35.5. The van der Waals surface area contributed by atoms with Crippen molar-refractivity contribution in [2.75, 3.05) is 11.9 Å². The van der Waals surface area contributed by atoms with E-state index in [2.05, 4.69) is 10.3 Å². The zero-order valence-corrected chi connectivity index (χ0v) is 15.7. The first-order valence-electron chi connectivity index (χ1n) is 7.92. The fourth-order valence-electron chi connectivity index (χ4n) is 2.53. The lowest BCUT2D eigenvalue weighted by Crippen LogP contribution is -2.25. The highest BCUT2D eigenvalue weighted by Gasteiger charge is 2.27. The molecule has 0 saturated carbocycles. The van der Waals surface area contributed by atoms with Crippen molar-refractivity contribution >= 4 is 46.1 Å². The van der Waals surface area contributed by atoms with Gasteiger partial charge in [0.15, 0.2) is 0 Å². The summed E-state index contributed by atoms with van der Waals surface area (Å²) in [5.74, 6) is -1.25. The van der Waals surface area contributed by atoms with Gasteiger partial charge >= 0.3 is 0 Å². The summed E-state index contributed by atoms with van der Waals surface area (Å²) in [7, 11) is 0. The summed E-state index contributed by atoms with van der Waals surface area (Å²) in [5.41, 5.74) is 0.698. The Labute approximate surface area is 169 Å². The molecule has 1 aliphatic rings. The lowest BCUT2D eigenvalue weighted by Gasteiger charge is -2.20. The van der Waals surface area contributed by atoms with E-state index in [1.807, 2.05) is 0 Å². The number of ketones is 1. The number of allylic oxidation sites excluding steroid dienone is 2. The molecule has 0 saturated heterocycles. The van der Waals surface area contributed by atoms with E-state index in [9.17, 15) is 25.2 Å². The normalized spacial score (nSPS) is 15.8. The molecule has 0 aliphatic heterocycles. The van der Waals surface area contributed by atoms with E-state index in [-0.39, 0.29) is 38.5 Å². The molecule has 0 heterocycles. The van der Waals surface area contributed by atoms with E-state index in [1.54, 1.807) is 0 Å². The van der Waals surface area contributed by atoms with Crippen LogP contribution in [0.3, 0.4) is 0 Å². The van der Waals surface area contributed by atoms with E-state index in [0.29, 0.717) is 11.4 Å². The van der Waals surface area contributed by atoms with Gasteiger partial charge in [-0.1, -0.05) is 23.2 Å². The van der Waals surface area contributed by atoms with Crippen LogP contribution >= 0.6 is 23.2 Å². The smallest absolute Gasteiger partial charge is 0.206 e. The number of anilines is 1. The van der Waals surface area contributed by atoms with E-state index < -0.39 is 18.1 Å². The number of carbonyl (C=O) groups excluding carboxylic acids is 1. The van der Waals surface area contributed by atoms with Crippen LogP contribution in [0.1, 0.15) is 0 Å². The van der Waals surface area contributed by atoms with Crippen molar-refractivity contribution in [2.24, 2.45) is 4.99 Å². The lowest BCUT2D eigenvalue weighted by molar-refractivity contribution is -0.111.